The van der Waals surface area contributed by atoms with E-state index in [-0.39, 0.29) is 36.3 Å². The molecule has 0 atom stereocenters. The van der Waals surface area contributed by atoms with Gasteiger partial charge in [-0.05, 0) is 30.7 Å². The zero-order chi connectivity index (χ0) is 22.0. The smallest absolute Gasteiger partial charge is 0.484 e. The van der Waals surface area contributed by atoms with Crippen LogP contribution in [0.5, 0.6) is 11.5 Å². The Balaban J connectivity index is 1.71. The number of aromatic nitrogens is 1. The Hall–Kier alpha value is -2.86. The van der Waals surface area contributed by atoms with Crippen LogP contribution >= 0.6 is 11.3 Å². The molecule has 0 fully saturated rings. The highest BCUT2D eigenvalue weighted by molar-refractivity contribution is 7.09. The Morgan fingerprint density at radius 2 is 1.83 bits per heavy atom. The van der Waals surface area contributed by atoms with E-state index in [1.54, 1.807) is 12.5 Å². The number of hydrogen-bond donors (Lipinski definition) is 2. The summed E-state index contributed by atoms with van der Waals surface area (Å²) >= 11 is 1.23. The predicted octanol–water partition coefficient (Wildman–Crippen LogP) is 2.50. The third kappa shape index (κ3) is 8.66. The van der Waals surface area contributed by atoms with Crippen molar-refractivity contribution in [3.05, 3.63) is 40.3 Å². The second-order valence-electron chi connectivity index (χ2n) is 5.81. The van der Waals surface area contributed by atoms with E-state index in [0.29, 0.717) is 24.6 Å². The van der Waals surface area contributed by atoms with Crippen LogP contribution in [0, 0.1) is 0 Å². The van der Waals surface area contributed by atoms with Crippen molar-refractivity contribution in [1.29, 1.82) is 0 Å². The summed E-state index contributed by atoms with van der Waals surface area (Å²) in [5.41, 5.74) is 0.263. The first kappa shape index (κ1) is 23.4. The number of nitrogens with one attached hydrogen (secondary N) is 2. The van der Waals surface area contributed by atoms with Crippen LogP contribution in [0.1, 0.15) is 21.9 Å². The van der Waals surface area contributed by atoms with Gasteiger partial charge in [0.15, 0.2) is 6.61 Å². The average Bonchev–Trinajstić information content (AvgIpc) is 3.17. The van der Waals surface area contributed by atoms with E-state index in [1.807, 2.05) is 0 Å². The summed E-state index contributed by atoms with van der Waals surface area (Å²) in [6.07, 6.45) is -4.09. The molecule has 1 aromatic heterocycles. The highest BCUT2D eigenvalue weighted by Gasteiger charge is 2.31. The number of benzene rings is 1. The number of carbonyl (C=O) groups excluding carboxylic acids is 2. The molecule has 2 rings (SSSR count). The molecule has 12 heteroatoms. The lowest BCUT2D eigenvalue weighted by Gasteiger charge is -2.10. The molecule has 0 aliphatic rings. The van der Waals surface area contributed by atoms with Gasteiger partial charge in [-0.2, -0.15) is 0 Å². The van der Waals surface area contributed by atoms with E-state index < -0.39 is 12.3 Å². The van der Waals surface area contributed by atoms with Crippen LogP contribution in [0.3, 0.4) is 0 Å². The number of methoxy groups -OCH3 is 1. The second kappa shape index (κ2) is 11.4. The van der Waals surface area contributed by atoms with Gasteiger partial charge in [0.05, 0.1) is 6.54 Å². The maximum Gasteiger partial charge on any atom is 0.573 e. The fourth-order valence-electron chi connectivity index (χ4n) is 2.12. The van der Waals surface area contributed by atoms with Gasteiger partial charge in [0.25, 0.3) is 11.8 Å². The van der Waals surface area contributed by atoms with Gasteiger partial charge in [-0.15, -0.1) is 24.5 Å². The summed E-state index contributed by atoms with van der Waals surface area (Å²) in [7, 11) is 1.58. The molecule has 1 aromatic carbocycles. The van der Waals surface area contributed by atoms with E-state index in [0.717, 1.165) is 12.1 Å². The number of ether oxygens (including phenoxy) is 3. The van der Waals surface area contributed by atoms with Crippen molar-refractivity contribution in [3.8, 4) is 11.5 Å². The molecular formula is C18H20F3N3O5S. The zero-order valence-electron chi connectivity index (χ0n) is 16.0. The highest BCUT2D eigenvalue weighted by atomic mass is 32.1. The Labute approximate surface area is 174 Å². The number of hydrogen-bond acceptors (Lipinski definition) is 7. The lowest BCUT2D eigenvalue weighted by molar-refractivity contribution is -0.274. The van der Waals surface area contributed by atoms with Crippen molar-refractivity contribution >= 4 is 23.2 Å². The van der Waals surface area contributed by atoms with Crippen molar-refractivity contribution < 1.29 is 37.0 Å². The van der Waals surface area contributed by atoms with E-state index in [2.05, 4.69) is 20.4 Å². The number of carbonyl (C=O) groups is 2. The van der Waals surface area contributed by atoms with Crippen molar-refractivity contribution in [2.24, 2.45) is 0 Å². The largest absolute Gasteiger partial charge is 0.573 e. The first-order valence-corrected chi connectivity index (χ1v) is 9.61. The zero-order valence-corrected chi connectivity index (χ0v) is 16.8. The van der Waals surface area contributed by atoms with Gasteiger partial charge >= 0.3 is 6.36 Å². The molecule has 0 saturated heterocycles. The van der Waals surface area contributed by atoms with E-state index in [1.165, 1.54) is 23.5 Å². The molecule has 30 heavy (non-hydrogen) atoms. The molecule has 0 unspecified atom stereocenters. The monoisotopic (exact) mass is 447 g/mol. The minimum absolute atomic E-state index is 0.113. The van der Waals surface area contributed by atoms with Gasteiger partial charge in [0.1, 0.15) is 22.2 Å². The van der Waals surface area contributed by atoms with Gasteiger partial charge < -0.3 is 24.8 Å². The number of rotatable bonds is 11. The van der Waals surface area contributed by atoms with Crippen molar-refractivity contribution in [2.75, 3.05) is 26.9 Å². The molecule has 0 radical (unpaired) electrons. The van der Waals surface area contributed by atoms with Gasteiger partial charge in [0, 0.05) is 25.6 Å². The molecule has 0 saturated carbocycles. The van der Waals surface area contributed by atoms with Crippen molar-refractivity contribution in [2.45, 2.75) is 19.3 Å². The SMILES string of the molecule is COCCCNC(=O)c1csc(CNC(=O)COc2ccc(OC(F)(F)F)cc2)n1. The number of alkyl halides is 3. The summed E-state index contributed by atoms with van der Waals surface area (Å²) < 4.78 is 50.2. The highest BCUT2D eigenvalue weighted by Crippen LogP contribution is 2.24. The van der Waals surface area contributed by atoms with Crippen molar-refractivity contribution in [1.82, 2.24) is 15.6 Å². The lowest BCUT2D eigenvalue weighted by atomic mass is 10.3. The van der Waals surface area contributed by atoms with Gasteiger partial charge in [0.2, 0.25) is 0 Å². The summed E-state index contributed by atoms with van der Waals surface area (Å²) in [5, 5.41) is 7.43. The molecular weight excluding hydrogens is 427 g/mol. The quantitative estimate of drug-likeness (QED) is 0.514. The molecule has 2 N–H and O–H groups in total. The molecule has 0 aliphatic carbocycles. The molecule has 8 nitrogen and oxygen atoms in total. The number of amides is 2. The summed E-state index contributed by atoms with van der Waals surface area (Å²) in [6.45, 7) is 0.791. The van der Waals surface area contributed by atoms with E-state index in [9.17, 15) is 22.8 Å². The maximum atomic E-state index is 12.1. The average molecular weight is 447 g/mol. The second-order valence-corrected chi connectivity index (χ2v) is 6.76. The standard InChI is InChI=1S/C18H20F3N3O5S/c1-27-8-2-7-22-17(26)14-11-30-16(24-14)9-23-15(25)10-28-12-3-5-13(6-4-12)29-18(19,20)21/h3-6,11H,2,7-10H2,1H3,(H,22,26)(H,23,25). The topological polar surface area (TPSA) is 98.8 Å². The predicted molar refractivity (Wildman–Crippen MR) is 101 cm³/mol. The van der Waals surface area contributed by atoms with Gasteiger partial charge in [-0.1, -0.05) is 0 Å². The molecule has 0 bridgehead atoms. The number of thiazole rings is 1. The third-order valence-electron chi connectivity index (χ3n) is 3.46. The molecule has 0 aliphatic heterocycles. The van der Waals surface area contributed by atoms with Crippen LogP contribution in [-0.2, 0) is 16.1 Å². The third-order valence-corrected chi connectivity index (χ3v) is 4.31. The molecule has 164 valence electrons. The number of halogens is 3. The van der Waals surface area contributed by atoms with Crippen LogP contribution < -0.4 is 20.1 Å². The van der Waals surface area contributed by atoms with Crippen LogP contribution in [0.25, 0.3) is 0 Å². The van der Waals surface area contributed by atoms with E-state index in [4.69, 9.17) is 9.47 Å². The fourth-order valence-corrected chi connectivity index (χ4v) is 2.83. The first-order valence-electron chi connectivity index (χ1n) is 8.73. The number of nitrogens with zero attached hydrogens (tertiary/aromatic N) is 1. The maximum absolute atomic E-state index is 12.1. The van der Waals surface area contributed by atoms with Gasteiger partial charge in [-0.25, -0.2) is 4.98 Å². The molecule has 0 spiro atoms. The minimum Gasteiger partial charge on any atom is -0.484 e. The summed E-state index contributed by atoms with van der Waals surface area (Å²) in [6, 6.07) is 4.68. The molecule has 2 aromatic rings. The Morgan fingerprint density at radius 3 is 2.50 bits per heavy atom. The van der Waals surface area contributed by atoms with Crippen LogP contribution in [0.4, 0.5) is 13.2 Å². The van der Waals surface area contributed by atoms with Gasteiger partial charge in [-0.3, -0.25) is 9.59 Å². The van der Waals surface area contributed by atoms with Crippen LogP contribution in [0.2, 0.25) is 0 Å². The fraction of sp³-hybridized carbons (Fsp3) is 0.389. The van der Waals surface area contributed by atoms with Crippen molar-refractivity contribution in [3.63, 3.8) is 0 Å². The Morgan fingerprint density at radius 1 is 1.13 bits per heavy atom. The summed E-state index contributed by atoms with van der Waals surface area (Å²) in [4.78, 5) is 27.9. The lowest BCUT2D eigenvalue weighted by Crippen LogP contribution is -2.28. The Kier molecular flexibility index (Phi) is 8.87. The first-order chi connectivity index (χ1) is 14.3. The van der Waals surface area contributed by atoms with E-state index >= 15 is 0 Å². The van der Waals surface area contributed by atoms with Crippen LogP contribution in [0.15, 0.2) is 29.6 Å². The normalized spacial score (nSPS) is 11.1. The summed E-state index contributed by atoms with van der Waals surface area (Å²) in [5.74, 6) is -0.935. The Bertz CT molecular complexity index is 827. The molecule has 1 heterocycles. The minimum atomic E-state index is -4.78. The molecule has 2 amide bonds. The van der Waals surface area contributed by atoms with Crippen LogP contribution in [-0.4, -0.2) is 50.0 Å².